The summed E-state index contributed by atoms with van der Waals surface area (Å²) in [5.74, 6) is -4.35. The van der Waals surface area contributed by atoms with E-state index in [1.165, 1.54) is 30.7 Å². The van der Waals surface area contributed by atoms with Gasteiger partial charge >= 0.3 is 11.9 Å². The maximum Gasteiger partial charge on any atom is 0.376 e. The van der Waals surface area contributed by atoms with Crippen molar-refractivity contribution >= 4 is 23.3 Å². The zero-order chi connectivity index (χ0) is 15.4. The van der Waals surface area contributed by atoms with Crippen molar-refractivity contribution in [3.63, 3.8) is 0 Å². The van der Waals surface area contributed by atoms with Crippen molar-refractivity contribution in [1.29, 1.82) is 0 Å². The Kier molecular flexibility index (Phi) is 4.03. The lowest BCUT2D eigenvalue weighted by atomic mass is 9.97. The number of furan rings is 2. The Hall–Kier alpha value is -3.09. The fourth-order valence-electron chi connectivity index (χ4n) is 1.80. The van der Waals surface area contributed by atoms with E-state index >= 15 is 0 Å². The van der Waals surface area contributed by atoms with Crippen LogP contribution in [0.3, 0.4) is 0 Å². The molecule has 0 radical (unpaired) electrons. The van der Waals surface area contributed by atoms with E-state index in [1.54, 1.807) is 6.07 Å². The van der Waals surface area contributed by atoms with E-state index in [0.717, 1.165) is 0 Å². The van der Waals surface area contributed by atoms with Crippen molar-refractivity contribution in [2.24, 2.45) is 0 Å². The summed E-state index contributed by atoms with van der Waals surface area (Å²) in [5, 5.41) is 18.2. The summed E-state index contributed by atoms with van der Waals surface area (Å²) in [4.78, 5) is 34.1. The summed E-state index contributed by atoms with van der Waals surface area (Å²) in [6, 6.07) is 5.83. The number of carbonyl (C=O) groups is 3. The number of carboxylic acid groups (broad SMARTS) is 2. The van der Waals surface area contributed by atoms with Crippen LogP contribution >= 0.6 is 0 Å². The second-order valence-electron chi connectivity index (χ2n) is 4.03. The van der Waals surface area contributed by atoms with Crippen molar-refractivity contribution in [3.05, 3.63) is 53.9 Å². The van der Waals surface area contributed by atoms with Gasteiger partial charge in [0.2, 0.25) is 0 Å². The molecule has 0 atom stereocenters. The quantitative estimate of drug-likeness (QED) is 0.612. The summed E-state index contributed by atoms with van der Waals surface area (Å²) >= 11 is 0. The standard InChI is InChI=1S/C14H10O7/c15-12(14(18)19)9(7-8-3-1-5-20-8)11(13(16)17)10-4-2-6-21-10/h1-6H,7H2,(H,16,17)(H,18,19). The zero-order valence-corrected chi connectivity index (χ0v) is 10.6. The summed E-state index contributed by atoms with van der Waals surface area (Å²) in [6.45, 7) is 0. The highest BCUT2D eigenvalue weighted by Crippen LogP contribution is 2.24. The Bertz CT molecular complexity index is 690. The number of Topliss-reactive ketones (excluding diaryl/α,β-unsaturated/α-hetero) is 1. The highest BCUT2D eigenvalue weighted by atomic mass is 16.4. The van der Waals surface area contributed by atoms with E-state index in [4.69, 9.17) is 13.9 Å². The third-order valence-electron chi connectivity index (χ3n) is 2.68. The monoisotopic (exact) mass is 290 g/mol. The molecule has 21 heavy (non-hydrogen) atoms. The first-order chi connectivity index (χ1) is 10.0. The number of hydrogen-bond donors (Lipinski definition) is 2. The van der Waals surface area contributed by atoms with Gasteiger partial charge in [-0.15, -0.1) is 0 Å². The van der Waals surface area contributed by atoms with Crippen LogP contribution in [0.15, 0.2) is 51.2 Å². The number of rotatable bonds is 6. The maximum atomic E-state index is 11.8. The third-order valence-corrected chi connectivity index (χ3v) is 2.68. The van der Waals surface area contributed by atoms with Crippen LogP contribution in [0.5, 0.6) is 0 Å². The minimum absolute atomic E-state index is 0.0985. The number of carbonyl (C=O) groups excluding carboxylic acids is 1. The van der Waals surface area contributed by atoms with Gasteiger partial charge in [0.25, 0.3) is 5.78 Å². The molecule has 7 nitrogen and oxygen atoms in total. The van der Waals surface area contributed by atoms with E-state index in [-0.39, 0.29) is 17.9 Å². The second kappa shape index (κ2) is 5.91. The molecule has 2 N–H and O–H groups in total. The van der Waals surface area contributed by atoms with Crippen molar-refractivity contribution in [1.82, 2.24) is 0 Å². The van der Waals surface area contributed by atoms with Gasteiger partial charge in [-0.3, -0.25) is 4.79 Å². The van der Waals surface area contributed by atoms with Gasteiger partial charge in [-0.25, -0.2) is 9.59 Å². The molecule has 0 amide bonds. The van der Waals surface area contributed by atoms with Crippen LogP contribution in [0.4, 0.5) is 0 Å². The van der Waals surface area contributed by atoms with Gasteiger partial charge in [-0.2, -0.15) is 0 Å². The molecule has 0 aliphatic rings. The molecule has 0 spiro atoms. The topological polar surface area (TPSA) is 118 Å². The fraction of sp³-hybridized carbons (Fsp3) is 0.0714. The van der Waals surface area contributed by atoms with Crippen LogP contribution in [0.25, 0.3) is 5.57 Å². The smallest absolute Gasteiger partial charge is 0.376 e. The number of ketones is 1. The predicted octanol–water partition coefficient (Wildman–Crippen LogP) is 1.61. The number of hydrogen-bond acceptors (Lipinski definition) is 5. The first-order valence-electron chi connectivity index (χ1n) is 5.81. The van der Waals surface area contributed by atoms with Crippen molar-refractivity contribution < 1.29 is 33.4 Å². The summed E-state index contributed by atoms with van der Waals surface area (Å²) in [7, 11) is 0. The first kappa shape index (κ1) is 14.3. The van der Waals surface area contributed by atoms with E-state index in [9.17, 15) is 19.5 Å². The zero-order valence-electron chi connectivity index (χ0n) is 10.6. The molecule has 2 heterocycles. The van der Waals surface area contributed by atoms with E-state index in [0.29, 0.717) is 0 Å². The average molecular weight is 290 g/mol. The Balaban J connectivity index is 2.59. The summed E-state index contributed by atoms with van der Waals surface area (Å²) in [6.07, 6.45) is 2.31. The lowest BCUT2D eigenvalue weighted by Crippen LogP contribution is -2.20. The molecule has 0 unspecified atom stereocenters. The van der Waals surface area contributed by atoms with Crippen molar-refractivity contribution in [3.8, 4) is 0 Å². The molecule has 0 aliphatic heterocycles. The van der Waals surface area contributed by atoms with E-state index in [1.807, 2.05) is 0 Å². The predicted molar refractivity (Wildman–Crippen MR) is 68.3 cm³/mol. The molecule has 0 aliphatic carbocycles. The molecule has 0 fully saturated rings. The summed E-state index contributed by atoms with van der Waals surface area (Å²) < 4.78 is 10.0. The van der Waals surface area contributed by atoms with Crippen LogP contribution in [0, 0.1) is 0 Å². The maximum absolute atomic E-state index is 11.8. The molecular weight excluding hydrogens is 280 g/mol. The van der Waals surface area contributed by atoms with Gasteiger partial charge in [-0.05, 0) is 24.3 Å². The first-order valence-corrected chi connectivity index (χ1v) is 5.81. The van der Waals surface area contributed by atoms with Crippen LogP contribution in [-0.4, -0.2) is 27.9 Å². The molecule has 0 bridgehead atoms. The average Bonchev–Trinajstić information content (AvgIpc) is 3.09. The van der Waals surface area contributed by atoms with Crippen LogP contribution < -0.4 is 0 Å². The lowest BCUT2D eigenvalue weighted by molar-refractivity contribution is -0.147. The molecule has 108 valence electrons. The van der Waals surface area contributed by atoms with Gasteiger partial charge in [0.1, 0.15) is 17.1 Å². The van der Waals surface area contributed by atoms with E-state index in [2.05, 4.69) is 0 Å². The normalized spacial score (nSPS) is 11.8. The van der Waals surface area contributed by atoms with Gasteiger partial charge < -0.3 is 19.0 Å². The SMILES string of the molecule is O=C(O)C(=O)C(Cc1ccco1)=C(C(=O)O)c1ccco1. The molecule has 0 aromatic carbocycles. The van der Waals surface area contributed by atoms with Crippen molar-refractivity contribution in [2.75, 3.05) is 0 Å². The van der Waals surface area contributed by atoms with Gasteiger partial charge in [-0.1, -0.05) is 0 Å². The van der Waals surface area contributed by atoms with Gasteiger partial charge in [0.05, 0.1) is 12.5 Å². The molecule has 2 rings (SSSR count). The lowest BCUT2D eigenvalue weighted by Gasteiger charge is -2.07. The summed E-state index contributed by atoms with van der Waals surface area (Å²) in [5.41, 5.74) is -0.913. The number of aliphatic carboxylic acids is 2. The number of carboxylic acids is 2. The molecule has 0 saturated heterocycles. The van der Waals surface area contributed by atoms with Crippen LogP contribution in [0.2, 0.25) is 0 Å². The Labute approximate surface area is 118 Å². The van der Waals surface area contributed by atoms with Crippen molar-refractivity contribution in [2.45, 2.75) is 6.42 Å². The Morgan fingerprint density at radius 2 is 1.62 bits per heavy atom. The Morgan fingerprint density at radius 1 is 0.952 bits per heavy atom. The minimum atomic E-state index is -1.75. The Morgan fingerprint density at radius 3 is 2.10 bits per heavy atom. The molecule has 0 saturated carbocycles. The van der Waals surface area contributed by atoms with Crippen LogP contribution in [-0.2, 0) is 20.8 Å². The largest absolute Gasteiger partial charge is 0.478 e. The van der Waals surface area contributed by atoms with Gasteiger partial charge in [0, 0.05) is 12.0 Å². The van der Waals surface area contributed by atoms with Gasteiger partial charge in [0.15, 0.2) is 0 Å². The molecule has 2 aromatic heterocycles. The molecular formula is C14H10O7. The van der Waals surface area contributed by atoms with E-state index < -0.39 is 28.9 Å². The third kappa shape index (κ3) is 3.08. The molecule has 2 aromatic rings. The molecule has 7 heteroatoms. The highest BCUT2D eigenvalue weighted by Gasteiger charge is 2.28. The highest BCUT2D eigenvalue weighted by molar-refractivity contribution is 6.43. The van der Waals surface area contributed by atoms with Crippen LogP contribution in [0.1, 0.15) is 11.5 Å². The fourth-order valence-corrected chi connectivity index (χ4v) is 1.80. The minimum Gasteiger partial charge on any atom is -0.478 e. The second-order valence-corrected chi connectivity index (χ2v) is 4.03.